The summed E-state index contributed by atoms with van der Waals surface area (Å²) >= 11 is 0. The van der Waals surface area contributed by atoms with Crippen LogP contribution in [0.15, 0.2) is 30.3 Å². The van der Waals surface area contributed by atoms with E-state index in [0.29, 0.717) is 26.0 Å². The van der Waals surface area contributed by atoms with Gasteiger partial charge in [-0.05, 0) is 32.9 Å². The maximum atomic E-state index is 12.4. The minimum absolute atomic E-state index is 0.328. The van der Waals surface area contributed by atoms with Gasteiger partial charge >= 0.3 is 12.1 Å². The van der Waals surface area contributed by atoms with Gasteiger partial charge in [0.1, 0.15) is 11.6 Å². The van der Waals surface area contributed by atoms with Gasteiger partial charge in [0, 0.05) is 24.9 Å². The molecule has 1 unspecified atom stereocenters. The number of ether oxygens (including phenoxy) is 2. The zero-order chi connectivity index (χ0) is 17.6. The number of rotatable bonds is 3. The van der Waals surface area contributed by atoms with Gasteiger partial charge in [-0.3, -0.25) is 4.90 Å². The lowest BCUT2D eigenvalue weighted by molar-refractivity contribution is -0.142. The standard InChI is InChI=1S/C19H23NO4/c1-19(2,3)24-18(22)20(16-12-14-23-17(16)21)13-8-7-11-15-9-5-4-6-10-15/h4-6,9-10,16H,8,12-14H2,1-3H3. The molecule has 0 aromatic heterocycles. The second-order valence-corrected chi connectivity index (χ2v) is 6.56. The predicted octanol–water partition coefficient (Wildman–Crippen LogP) is 2.98. The number of nitrogens with zero attached hydrogens (tertiary/aromatic N) is 1. The Morgan fingerprint density at radius 2 is 2.04 bits per heavy atom. The topological polar surface area (TPSA) is 55.8 Å². The third-order valence-corrected chi connectivity index (χ3v) is 3.40. The van der Waals surface area contributed by atoms with E-state index < -0.39 is 17.7 Å². The minimum atomic E-state index is -0.618. The fourth-order valence-electron chi connectivity index (χ4n) is 2.33. The van der Waals surface area contributed by atoms with Crippen molar-refractivity contribution in [3.63, 3.8) is 0 Å². The van der Waals surface area contributed by atoms with E-state index in [2.05, 4.69) is 11.8 Å². The fraction of sp³-hybridized carbons (Fsp3) is 0.474. The quantitative estimate of drug-likeness (QED) is 0.632. The highest BCUT2D eigenvalue weighted by atomic mass is 16.6. The predicted molar refractivity (Wildman–Crippen MR) is 90.2 cm³/mol. The first-order valence-electron chi connectivity index (χ1n) is 8.07. The molecule has 1 aromatic rings. The molecule has 1 heterocycles. The van der Waals surface area contributed by atoms with Crippen molar-refractivity contribution in [1.82, 2.24) is 4.90 Å². The van der Waals surface area contributed by atoms with Gasteiger partial charge in [0.05, 0.1) is 6.61 Å². The second-order valence-electron chi connectivity index (χ2n) is 6.56. The van der Waals surface area contributed by atoms with Crippen molar-refractivity contribution in [3.05, 3.63) is 35.9 Å². The highest BCUT2D eigenvalue weighted by molar-refractivity contribution is 5.82. The first kappa shape index (κ1) is 17.9. The summed E-state index contributed by atoms with van der Waals surface area (Å²) in [4.78, 5) is 25.7. The molecule has 0 spiro atoms. The van der Waals surface area contributed by atoms with Crippen molar-refractivity contribution in [3.8, 4) is 11.8 Å². The van der Waals surface area contributed by atoms with Crippen molar-refractivity contribution < 1.29 is 19.1 Å². The van der Waals surface area contributed by atoms with Gasteiger partial charge in [-0.2, -0.15) is 0 Å². The molecule has 0 N–H and O–H groups in total. The normalized spacial score (nSPS) is 16.8. The lowest BCUT2D eigenvalue weighted by Gasteiger charge is -2.29. The highest BCUT2D eigenvalue weighted by Gasteiger charge is 2.37. The molecule has 0 aliphatic carbocycles. The van der Waals surface area contributed by atoms with Gasteiger partial charge in [0.25, 0.3) is 0 Å². The van der Waals surface area contributed by atoms with Crippen LogP contribution in [0.3, 0.4) is 0 Å². The number of hydrogen-bond donors (Lipinski definition) is 0. The molecule has 1 atom stereocenters. The monoisotopic (exact) mass is 329 g/mol. The smallest absolute Gasteiger partial charge is 0.411 e. The number of carbonyl (C=O) groups is 2. The molecule has 1 amide bonds. The molecular formula is C19H23NO4. The zero-order valence-electron chi connectivity index (χ0n) is 14.4. The van der Waals surface area contributed by atoms with Gasteiger partial charge in [0.15, 0.2) is 0 Å². The second kappa shape index (κ2) is 7.87. The van der Waals surface area contributed by atoms with Crippen LogP contribution in [0.5, 0.6) is 0 Å². The molecule has 0 radical (unpaired) electrons. The van der Waals surface area contributed by atoms with Crippen LogP contribution in [0.2, 0.25) is 0 Å². The molecule has 2 rings (SSSR count). The van der Waals surface area contributed by atoms with E-state index in [0.717, 1.165) is 5.56 Å². The van der Waals surface area contributed by atoms with Crippen molar-refractivity contribution in [1.29, 1.82) is 0 Å². The number of carbonyl (C=O) groups excluding carboxylic acids is 2. The first-order chi connectivity index (χ1) is 11.4. The fourth-order valence-corrected chi connectivity index (χ4v) is 2.33. The Balaban J connectivity index is 2.02. The van der Waals surface area contributed by atoms with Crippen LogP contribution < -0.4 is 0 Å². The van der Waals surface area contributed by atoms with Gasteiger partial charge < -0.3 is 9.47 Å². The lowest BCUT2D eigenvalue weighted by Crippen LogP contribution is -2.45. The molecule has 0 bridgehead atoms. The number of hydrogen-bond acceptors (Lipinski definition) is 4. The summed E-state index contributed by atoms with van der Waals surface area (Å²) in [5, 5.41) is 0. The SMILES string of the molecule is CC(C)(C)OC(=O)N(CCC#Cc1ccccc1)C1CCOC1=O. The highest BCUT2D eigenvalue weighted by Crippen LogP contribution is 2.18. The van der Waals surface area contributed by atoms with Crippen molar-refractivity contribution in [2.24, 2.45) is 0 Å². The Labute approximate surface area is 142 Å². The summed E-state index contributed by atoms with van der Waals surface area (Å²) in [6.07, 6.45) is 0.440. The summed E-state index contributed by atoms with van der Waals surface area (Å²) in [5.74, 6) is 5.70. The van der Waals surface area contributed by atoms with Gasteiger partial charge in [-0.15, -0.1) is 0 Å². The van der Waals surface area contributed by atoms with Gasteiger partial charge in [0.2, 0.25) is 0 Å². The molecule has 1 fully saturated rings. The molecule has 0 saturated carbocycles. The van der Waals surface area contributed by atoms with Crippen molar-refractivity contribution in [2.75, 3.05) is 13.2 Å². The molecule has 1 aliphatic heterocycles. The van der Waals surface area contributed by atoms with Gasteiger partial charge in [-0.1, -0.05) is 30.0 Å². The molecule has 1 aromatic carbocycles. The van der Waals surface area contributed by atoms with E-state index in [4.69, 9.17) is 9.47 Å². The Morgan fingerprint density at radius 3 is 2.62 bits per heavy atom. The van der Waals surface area contributed by atoms with Crippen LogP contribution in [0.25, 0.3) is 0 Å². The number of cyclic esters (lactones) is 1. The van der Waals surface area contributed by atoms with Crippen LogP contribution in [0.4, 0.5) is 4.79 Å². The van der Waals surface area contributed by atoms with E-state index >= 15 is 0 Å². The molecule has 1 saturated heterocycles. The minimum Gasteiger partial charge on any atom is -0.464 e. The Bertz CT molecular complexity index is 637. The maximum absolute atomic E-state index is 12.4. The van der Waals surface area contributed by atoms with Crippen molar-refractivity contribution >= 4 is 12.1 Å². The molecule has 24 heavy (non-hydrogen) atoms. The average molecular weight is 329 g/mol. The van der Waals surface area contributed by atoms with Crippen LogP contribution in [0.1, 0.15) is 39.2 Å². The van der Waals surface area contributed by atoms with Crippen LogP contribution in [-0.4, -0.2) is 41.8 Å². The Hall–Kier alpha value is -2.48. The van der Waals surface area contributed by atoms with Crippen molar-refractivity contribution in [2.45, 2.75) is 45.3 Å². The summed E-state index contributed by atoms with van der Waals surface area (Å²) in [6, 6.07) is 9.04. The lowest BCUT2D eigenvalue weighted by atomic mass is 10.2. The molecular weight excluding hydrogens is 306 g/mol. The Morgan fingerprint density at radius 1 is 1.33 bits per heavy atom. The van der Waals surface area contributed by atoms with E-state index in [1.54, 1.807) is 20.8 Å². The summed E-state index contributed by atoms with van der Waals surface area (Å²) in [5.41, 5.74) is 0.301. The number of amides is 1. The van der Waals surface area contributed by atoms with E-state index in [1.807, 2.05) is 30.3 Å². The number of benzene rings is 1. The van der Waals surface area contributed by atoms with Crippen LogP contribution >= 0.6 is 0 Å². The molecule has 5 heteroatoms. The average Bonchev–Trinajstić information content (AvgIpc) is 2.92. The summed E-state index contributed by atoms with van der Waals surface area (Å²) in [7, 11) is 0. The maximum Gasteiger partial charge on any atom is 0.411 e. The molecule has 5 nitrogen and oxygen atoms in total. The van der Waals surface area contributed by atoms with E-state index in [1.165, 1.54) is 4.90 Å². The zero-order valence-corrected chi connectivity index (χ0v) is 14.4. The first-order valence-corrected chi connectivity index (χ1v) is 8.07. The summed E-state index contributed by atoms with van der Waals surface area (Å²) in [6.45, 7) is 6.05. The third kappa shape index (κ3) is 5.31. The third-order valence-electron chi connectivity index (χ3n) is 3.40. The summed E-state index contributed by atoms with van der Waals surface area (Å²) < 4.78 is 10.4. The van der Waals surface area contributed by atoms with Crippen LogP contribution in [0, 0.1) is 11.8 Å². The largest absolute Gasteiger partial charge is 0.464 e. The molecule has 1 aliphatic rings. The molecule has 128 valence electrons. The van der Waals surface area contributed by atoms with Gasteiger partial charge in [-0.25, -0.2) is 9.59 Å². The van der Waals surface area contributed by atoms with Crippen LogP contribution in [-0.2, 0) is 14.3 Å². The van der Waals surface area contributed by atoms with E-state index in [-0.39, 0.29) is 5.97 Å². The number of esters is 1. The Kier molecular flexibility index (Phi) is 5.86. The van der Waals surface area contributed by atoms with E-state index in [9.17, 15) is 9.59 Å².